The Morgan fingerprint density at radius 1 is 1.45 bits per heavy atom. The molecule has 1 fully saturated rings. The molecule has 1 rings (SSSR count). The monoisotopic (exact) mass is 195 g/mol. The highest BCUT2D eigenvalue weighted by molar-refractivity contribution is 6.29. The molecule has 0 N–H and O–H groups in total. The third-order valence-electron chi connectivity index (χ3n) is 1.83. The average molecular weight is 196 g/mol. The Labute approximate surface area is 79.8 Å². The Balaban J connectivity index is 0.000001000. The molecule has 1 aliphatic rings. The summed E-state index contributed by atoms with van der Waals surface area (Å²) in [6, 6.07) is 0. The van der Waals surface area contributed by atoms with Crippen molar-refractivity contribution in [2.24, 2.45) is 0 Å². The first-order chi connectivity index (χ1) is 4.79. The molecule has 0 aliphatic carbocycles. The van der Waals surface area contributed by atoms with Crippen molar-refractivity contribution >= 4 is 24.0 Å². The molecular formula is C8H15Cl2N. The van der Waals surface area contributed by atoms with Crippen LogP contribution < -0.4 is 0 Å². The summed E-state index contributed by atoms with van der Waals surface area (Å²) in [5, 5.41) is 0.909. The molecule has 0 bridgehead atoms. The smallest absolute Gasteiger partial charge is 0.0177 e. The van der Waals surface area contributed by atoms with Gasteiger partial charge >= 0.3 is 0 Å². The van der Waals surface area contributed by atoms with Crippen LogP contribution in [0.1, 0.15) is 19.8 Å². The first kappa shape index (κ1) is 11.3. The lowest BCUT2D eigenvalue weighted by molar-refractivity contribution is 0.377. The van der Waals surface area contributed by atoms with Gasteiger partial charge in [0.05, 0.1) is 0 Å². The number of halogens is 2. The molecular weight excluding hydrogens is 181 g/mol. The second kappa shape index (κ2) is 5.87. The van der Waals surface area contributed by atoms with Gasteiger partial charge in [0.25, 0.3) is 0 Å². The van der Waals surface area contributed by atoms with E-state index in [-0.39, 0.29) is 12.4 Å². The number of allylic oxidation sites excluding steroid dienone is 1. The molecule has 11 heavy (non-hydrogen) atoms. The first-order valence-electron chi connectivity index (χ1n) is 3.83. The van der Waals surface area contributed by atoms with Crippen LogP contribution in [0.5, 0.6) is 0 Å². The van der Waals surface area contributed by atoms with Gasteiger partial charge in [-0.15, -0.1) is 12.4 Å². The first-order valence-corrected chi connectivity index (χ1v) is 4.21. The summed E-state index contributed by atoms with van der Waals surface area (Å²) in [5.74, 6) is 0. The van der Waals surface area contributed by atoms with Gasteiger partial charge in [0.2, 0.25) is 0 Å². The van der Waals surface area contributed by atoms with Gasteiger partial charge in [-0.05, 0) is 32.9 Å². The van der Waals surface area contributed by atoms with Crippen molar-refractivity contribution in [3.8, 4) is 0 Å². The van der Waals surface area contributed by atoms with Crippen molar-refractivity contribution in [3.05, 3.63) is 11.1 Å². The largest absolute Gasteiger partial charge is 0.300 e. The second-order valence-corrected chi connectivity index (χ2v) is 3.39. The lowest BCUT2D eigenvalue weighted by Crippen LogP contribution is -2.18. The van der Waals surface area contributed by atoms with Gasteiger partial charge in [-0.3, -0.25) is 4.90 Å². The molecule has 0 aromatic heterocycles. The summed E-state index contributed by atoms with van der Waals surface area (Å²) in [7, 11) is 0. The SMILES string of the molecule is C/C(Cl)=C/CN1CCCC1.Cl. The Morgan fingerprint density at radius 2 is 2.00 bits per heavy atom. The summed E-state index contributed by atoms with van der Waals surface area (Å²) in [6.07, 6.45) is 4.79. The molecule has 1 saturated heterocycles. The highest BCUT2D eigenvalue weighted by atomic mass is 35.5. The quantitative estimate of drug-likeness (QED) is 0.656. The maximum Gasteiger partial charge on any atom is 0.0177 e. The standard InChI is InChI=1S/C8H14ClN.ClH/c1-8(9)4-7-10-5-2-3-6-10;/h4H,2-3,5-7H2,1H3;1H/b8-4-;. The molecule has 0 aromatic carbocycles. The third-order valence-corrected chi connectivity index (χ3v) is 1.98. The van der Waals surface area contributed by atoms with Crippen molar-refractivity contribution in [2.45, 2.75) is 19.8 Å². The molecule has 1 heterocycles. The van der Waals surface area contributed by atoms with Crippen LogP contribution in [0.25, 0.3) is 0 Å². The zero-order valence-electron chi connectivity index (χ0n) is 6.85. The Bertz CT molecular complexity index is 124. The number of likely N-dealkylation sites (tertiary alicyclic amines) is 1. The fraction of sp³-hybridized carbons (Fsp3) is 0.750. The molecule has 0 amide bonds. The maximum atomic E-state index is 5.69. The van der Waals surface area contributed by atoms with E-state index in [1.807, 2.05) is 6.92 Å². The van der Waals surface area contributed by atoms with Gasteiger partial charge < -0.3 is 0 Å². The van der Waals surface area contributed by atoms with E-state index in [2.05, 4.69) is 11.0 Å². The Hall–Kier alpha value is 0.280. The molecule has 0 atom stereocenters. The fourth-order valence-corrected chi connectivity index (χ4v) is 1.29. The number of rotatable bonds is 2. The molecule has 0 radical (unpaired) electrons. The number of hydrogen-bond donors (Lipinski definition) is 0. The summed E-state index contributed by atoms with van der Waals surface area (Å²) in [5.41, 5.74) is 0. The minimum absolute atomic E-state index is 0. The Kier molecular flexibility index (Phi) is 6.02. The minimum Gasteiger partial charge on any atom is -0.300 e. The van der Waals surface area contributed by atoms with Gasteiger partial charge in [-0.2, -0.15) is 0 Å². The minimum atomic E-state index is 0. The number of nitrogens with zero attached hydrogens (tertiary/aromatic N) is 1. The van der Waals surface area contributed by atoms with E-state index >= 15 is 0 Å². The highest BCUT2D eigenvalue weighted by Gasteiger charge is 2.08. The summed E-state index contributed by atoms with van der Waals surface area (Å²) in [6.45, 7) is 5.47. The lowest BCUT2D eigenvalue weighted by atomic mass is 10.4. The molecule has 0 unspecified atom stereocenters. The second-order valence-electron chi connectivity index (χ2n) is 2.80. The van der Waals surface area contributed by atoms with Crippen LogP contribution in [0.4, 0.5) is 0 Å². The van der Waals surface area contributed by atoms with Crippen molar-refractivity contribution in [2.75, 3.05) is 19.6 Å². The predicted molar refractivity (Wildman–Crippen MR) is 52.5 cm³/mol. The third kappa shape index (κ3) is 4.67. The highest BCUT2D eigenvalue weighted by Crippen LogP contribution is 2.07. The maximum absolute atomic E-state index is 5.69. The normalized spacial score (nSPS) is 20.0. The zero-order chi connectivity index (χ0) is 7.40. The van der Waals surface area contributed by atoms with E-state index in [4.69, 9.17) is 11.6 Å². The van der Waals surface area contributed by atoms with Crippen LogP contribution >= 0.6 is 24.0 Å². The van der Waals surface area contributed by atoms with Crippen LogP contribution in [0.3, 0.4) is 0 Å². The van der Waals surface area contributed by atoms with E-state index in [0.717, 1.165) is 11.6 Å². The summed E-state index contributed by atoms with van der Waals surface area (Å²) in [4.78, 5) is 2.42. The van der Waals surface area contributed by atoms with Gasteiger partial charge in [0.1, 0.15) is 0 Å². The van der Waals surface area contributed by atoms with Gasteiger partial charge in [-0.25, -0.2) is 0 Å². The number of hydrogen-bond acceptors (Lipinski definition) is 1. The van der Waals surface area contributed by atoms with E-state index in [1.165, 1.54) is 25.9 Å². The summed E-state index contributed by atoms with van der Waals surface area (Å²) >= 11 is 5.69. The van der Waals surface area contributed by atoms with E-state index in [1.54, 1.807) is 0 Å². The van der Waals surface area contributed by atoms with Crippen LogP contribution in [-0.2, 0) is 0 Å². The van der Waals surface area contributed by atoms with Crippen molar-refractivity contribution in [1.82, 2.24) is 4.90 Å². The molecule has 0 saturated carbocycles. The van der Waals surface area contributed by atoms with E-state index in [0.29, 0.717) is 0 Å². The van der Waals surface area contributed by atoms with Crippen LogP contribution in [0.2, 0.25) is 0 Å². The molecule has 0 aromatic rings. The van der Waals surface area contributed by atoms with Gasteiger partial charge in [0, 0.05) is 11.6 Å². The van der Waals surface area contributed by atoms with Crippen molar-refractivity contribution in [3.63, 3.8) is 0 Å². The van der Waals surface area contributed by atoms with Crippen LogP contribution in [0, 0.1) is 0 Å². The van der Waals surface area contributed by atoms with E-state index < -0.39 is 0 Å². The van der Waals surface area contributed by atoms with E-state index in [9.17, 15) is 0 Å². The van der Waals surface area contributed by atoms with Crippen LogP contribution in [0.15, 0.2) is 11.1 Å². The van der Waals surface area contributed by atoms with Crippen LogP contribution in [-0.4, -0.2) is 24.5 Å². The average Bonchev–Trinajstić information content (AvgIpc) is 2.34. The molecule has 0 spiro atoms. The zero-order valence-corrected chi connectivity index (χ0v) is 8.42. The van der Waals surface area contributed by atoms with Crippen molar-refractivity contribution < 1.29 is 0 Å². The van der Waals surface area contributed by atoms with Gasteiger partial charge in [-0.1, -0.05) is 17.7 Å². The fourth-order valence-electron chi connectivity index (χ4n) is 1.22. The topological polar surface area (TPSA) is 3.24 Å². The van der Waals surface area contributed by atoms with Crippen molar-refractivity contribution in [1.29, 1.82) is 0 Å². The molecule has 1 nitrogen and oxygen atoms in total. The summed E-state index contributed by atoms with van der Waals surface area (Å²) < 4.78 is 0. The molecule has 66 valence electrons. The molecule has 1 aliphatic heterocycles. The predicted octanol–water partition coefficient (Wildman–Crippen LogP) is 2.65. The molecule has 3 heteroatoms. The Morgan fingerprint density at radius 3 is 2.45 bits per heavy atom. The van der Waals surface area contributed by atoms with Gasteiger partial charge in [0.15, 0.2) is 0 Å². The lowest BCUT2D eigenvalue weighted by Gasteiger charge is -2.10.